The molecule has 6 fully saturated rings. The molecule has 14 rings (SSSR count). The summed E-state index contributed by atoms with van der Waals surface area (Å²) in [5, 5.41) is 10.0. The number of aliphatic hydroxyl groups excluding tert-OH is 1. The molecule has 0 saturated heterocycles. The van der Waals surface area contributed by atoms with Crippen molar-refractivity contribution >= 4 is 74.9 Å². The fourth-order valence-corrected chi connectivity index (χ4v) is 23.3. The minimum Gasteiger partial charge on any atom is -0.462 e. The molecule has 85 heavy (non-hydrogen) atoms. The van der Waals surface area contributed by atoms with Crippen molar-refractivity contribution in [1.29, 1.82) is 0 Å². The minimum atomic E-state index is -0.149. The average Bonchev–Trinajstić information content (AvgIpc) is 1.96. The van der Waals surface area contributed by atoms with Crippen molar-refractivity contribution in [1.82, 2.24) is 9.97 Å². The van der Waals surface area contributed by atoms with E-state index in [1.165, 1.54) is 107 Å². The highest BCUT2D eigenvalue weighted by molar-refractivity contribution is 14.1. The summed E-state index contributed by atoms with van der Waals surface area (Å²) in [6.45, 7) is 23.1. The molecule has 0 aromatic carbocycles. The molecule has 9 unspecified atom stereocenters. The Labute approximate surface area is 543 Å². The molecule has 1 N–H and O–H groups in total. The van der Waals surface area contributed by atoms with Crippen molar-refractivity contribution in [3.63, 3.8) is 0 Å². The normalized spacial score (nSPS) is 41.7. The minimum absolute atomic E-state index is 0.0690. The molecule has 2 heterocycles. The van der Waals surface area contributed by atoms with E-state index in [4.69, 9.17) is 12.2 Å². The lowest BCUT2D eigenvalue weighted by Crippen LogP contribution is -2.50. The fraction of sp³-hybridized carbons (Fsp3) is 0.680. The Balaban J connectivity index is 0.000000125. The fourth-order valence-electron chi connectivity index (χ4n) is 21.4. The number of carbonyl (C=O) groups is 2. The number of aliphatic hydroxyl groups is 1. The molecule has 0 amide bonds. The van der Waals surface area contributed by atoms with E-state index in [1.54, 1.807) is 29.9 Å². The van der Waals surface area contributed by atoms with Gasteiger partial charge in [0.1, 0.15) is 12.2 Å². The Kier molecular flexibility index (Phi) is 18.3. The molecule has 7 nitrogen and oxygen atoms in total. The average molecular weight is 1380 g/mol. The van der Waals surface area contributed by atoms with Crippen molar-refractivity contribution < 1.29 is 26.9 Å². The van der Waals surface area contributed by atoms with Gasteiger partial charge in [0, 0.05) is 62.3 Å². The topological polar surface area (TPSA) is 98.6 Å². The van der Waals surface area contributed by atoms with Crippen LogP contribution in [-0.4, -0.2) is 52.0 Å². The molecule has 0 spiro atoms. The first-order valence-electron chi connectivity index (χ1n) is 34.8. The summed E-state index contributed by atoms with van der Waals surface area (Å²) >= 11 is 5.20. The predicted molar refractivity (Wildman–Crippen MR) is 365 cm³/mol. The van der Waals surface area contributed by atoms with Gasteiger partial charge in [0.2, 0.25) is 0 Å². The van der Waals surface area contributed by atoms with E-state index in [1.807, 2.05) is 24.5 Å². The van der Waals surface area contributed by atoms with E-state index in [9.17, 15) is 14.7 Å². The van der Waals surface area contributed by atoms with Crippen LogP contribution in [0, 0.1) is 85.8 Å². The summed E-state index contributed by atoms with van der Waals surface area (Å²) in [6.07, 6.45) is 46.6. The van der Waals surface area contributed by atoms with Crippen LogP contribution < -0.4 is 5.46 Å². The van der Waals surface area contributed by atoms with Crippen LogP contribution in [0.15, 0.2) is 109 Å². The molecule has 10 heteroatoms. The van der Waals surface area contributed by atoms with Gasteiger partial charge in [0.25, 0.3) is 0 Å². The van der Waals surface area contributed by atoms with Gasteiger partial charge in [-0.15, -0.1) is 0 Å². The summed E-state index contributed by atoms with van der Waals surface area (Å²) in [6, 6.07) is 7.66. The number of fused-ring (bicyclic) bond motifs is 15. The third-order valence-corrected chi connectivity index (χ3v) is 29.8. The summed E-state index contributed by atoms with van der Waals surface area (Å²) in [4.78, 5) is 31.0. The molecule has 2 aromatic heterocycles. The first kappa shape index (κ1) is 61.0. The lowest BCUT2D eigenvalue weighted by Gasteiger charge is -2.57. The Bertz CT molecular complexity index is 3080. The van der Waals surface area contributed by atoms with Crippen molar-refractivity contribution in [2.24, 2.45) is 85.8 Å². The van der Waals surface area contributed by atoms with Crippen molar-refractivity contribution in [3.05, 3.63) is 115 Å². The number of pyridine rings is 2. The molecule has 0 aliphatic heterocycles. The molecule has 6 saturated carbocycles. The maximum Gasteiger partial charge on any atom is 0.302 e. The van der Waals surface area contributed by atoms with E-state index in [0.717, 1.165) is 118 Å². The first-order chi connectivity index (χ1) is 41.4. The van der Waals surface area contributed by atoms with Crippen LogP contribution in [0.2, 0.25) is 12.6 Å². The zero-order chi connectivity index (χ0) is 62.0. The maximum atomic E-state index is 11.4. The van der Waals surface area contributed by atoms with E-state index in [2.05, 4.69) is 153 Å². The van der Waals surface area contributed by atoms with Gasteiger partial charge in [-0.1, -0.05) is 139 Å². The van der Waals surface area contributed by atoms with Crippen molar-refractivity contribution in [2.45, 2.75) is 235 Å². The second-order valence-corrected chi connectivity index (χ2v) is 32.7. The number of hydrogen-bond acceptors (Lipinski definition) is 7. The van der Waals surface area contributed by atoms with Gasteiger partial charge in [-0.3, -0.25) is 19.6 Å². The quantitative estimate of drug-likeness (QED) is 0.133. The van der Waals surface area contributed by atoms with Crippen LogP contribution in [0.4, 0.5) is 0 Å². The van der Waals surface area contributed by atoms with Crippen LogP contribution in [0.5, 0.6) is 0 Å². The number of rotatable bonds is 6. The van der Waals surface area contributed by atoms with E-state index < -0.39 is 0 Å². The number of allylic oxidation sites excluding steroid dienone is 9. The van der Waals surface area contributed by atoms with Gasteiger partial charge in [-0.2, -0.15) is 0 Å². The van der Waals surface area contributed by atoms with Crippen LogP contribution >= 0.6 is 45.2 Å². The highest BCUT2D eigenvalue weighted by Crippen LogP contribution is 2.69. The van der Waals surface area contributed by atoms with E-state index >= 15 is 0 Å². The second kappa shape index (κ2) is 25.4. The molecule has 0 radical (unpaired) electrons. The monoisotopic (exact) mass is 1380 g/mol. The number of esters is 2. The lowest BCUT2D eigenvalue weighted by atomic mass is 9.42. The molecule has 18 atom stereocenters. The maximum absolute atomic E-state index is 11.4. The zero-order valence-corrected chi connectivity index (χ0v) is 57.7. The SMILES string of the molecule is CC(=O)O[C@H]1CC[C@@]2(C)C(=CCC3C2CC[C@]2(C)C(I)=CCC32)C1.C[C@]12CC[C@H](O)CC1=CCC1C2CC[C@]2(C)C(I)=CCC12.[2H]c1ccc(B(CC)CC)cn1.[2H]c1ccc(C2=CCC3C4CC=C5C[C@@H](OC(C)=O)CC[C@]5(C)C4CC[C@]23C)cn1. The number of carbonyl (C=O) groups excluding carboxylic acids is 2. The first-order valence-corrected chi connectivity index (χ1v) is 35.9. The number of halogens is 2. The van der Waals surface area contributed by atoms with Crippen LogP contribution in [0.1, 0.15) is 212 Å². The van der Waals surface area contributed by atoms with Gasteiger partial charge >= 0.3 is 11.9 Å². The Morgan fingerprint density at radius 1 is 0.541 bits per heavy atom. The summed E-state index contributed by atoms with van der Waals surface area (Å²) in [7, 11) is 0. The Hall–Kier alpha value is -2.84. The van der Waals surface area contributed by atoms with Gasteiger partial charge in [-0.25, -0.2) is 0 Å². The number of ether oxygens (including phenoxy) is 2. The number of aromatic nitrogens is 2. The largest absolute Gasteiger partial charge is 0.462 e. The predicted octanol–water partition coefficient (Wildman–Crippen LogP) is 18.8. The smallest absolute Gasteiger partial charge is 0.302 e. The van der Waals surface area contributed by atoms with Crippen LogP contribution in [-0.2, 0) is 19.1 Å². The summed E-state index contributed by atoms with van der Waals surface area (Å²) in [5.74, 6) is 6.96. The molecule has 12 aliphatic rings. The highest BCUT2D eigenvalue weighted by atomic mass is 127. The van der Waals surface area contributed by atoms with Gasteiger partial charge < -0.3 is 14.6 Å². The third-order valence-electron chi connectivity index (χ3n) is 26.4. The number of hydrogen-bond donors (Lipinski definition) is 1. The summed E-state index contributed by atoms with van der Waals surface area (Å²) < 4.78 is 29.3. The van der Waals surface area contributed by atoms with Crippen LogP contribution in [0.3, 0.4) is 0 Å². The Morgan fingerprint density at radius 2 is 0.953 bits per heavy atom. The standard InChI is InChI=1S/C26H33NO2.C21H29IO2.C19H27IO.C9H14BN/c1-17(28)29-20-10-12-25(2)19(15-20)6-7-21-23-9-8-22(18-5-4-14-27-16-18)26(23,3)13-11-24(21)25;1-13(23)24-15-8-10-20(2)14(12-15)4-5-16-17-6-7-19(22)21(17,3)11-9-18(16)20;1-18-9-7-13(21)11-12(18)3-4-14-15-5-6-17(20)19(15,2)10-8-16(14)18;1-3-10(4-2)9-6-5-7-11-8-9/h4-6,8,14,16,20-21,23-24H,7,9-13,15H2,1-3H3;4,7,15-18H,5-6,8-12H2,1-3H3;3,6,13-16,21H,4-5,7-11H2,1-2H3;5-8H,3-4H2,1-2H3/t20-,21?,23?,24?,25-,26+;15-,16?,17?,18?,20-,21-;13-,14?,15?,16?,18-,19-;/m000./s1/i14D;;;7D. The van der Waals surface area contributed by atoms with Gasteiger partial charge in [0.15, 0.2) is 6.71 Å². The molecule has 460 valence electrons. The molecular weight excluding hydrogens is 1270 g/mol. The third kappa shape index (κ3) is 11.9. The summed E-state index contributed by atoms with van der Waals surface area (Å²) in [5.41, 5.74) is 10.8. The molecule has 12 aliphatic carbocycles. The van der Waals surface area contributed by atoms with Crippen molar-refractivity contribution in [2.75, 3.05) is 0 Å². The Morgan fingerprint density at radius 3 is 1.39 bits per heavy atom. The van der Waals surface area contributed by atoms with Crippen molar-refractivity contribution in [3.8, 4) is 0 Å². The van der Waals surface area contributed by atoms with E-state index in [0.29, 0.717) is 46.6 Å². The molecule has 2 aromatic rings. The van der Waals surface area contributed by atoms with Gasteiger partial charge in [-0.05, 0) is 273 Å². The number of nitrogens with zero attached hydrogens (tertiary/aromatic N) is 2. The molecular formula is C75H103BI2N2O5. The lowest BCUT2D eigenvalue weighted by molar-refractivity contribution is -0.149. The zero-order valence-electron chi connectivity index (χ0n) is 55.4. The highest BCUT2D eigenvalue weighted by Gasteiger charge is 2.60. The molecule has 0 bridgehead atoms. The second-order valence-electron chi connectivity index (χ2n) is 30.3. The van der Waals surface area contributed by atoms with Gasteiger partial charge in [0.05, 0.1) is 8.85 Å². The van der Waals surface area contributed by atoms with E-state index in [-0.39, 0.29) is 41.1 Å². The van der Waals surface area contributed by atoms with Crippen LogP contribution in [0.25, 0.3) is 5.57 Å².